The molecule has 21 heavy (non-hydrogen) atoms. The maximum absolute atomic E-state index is 6.13. The molecule has 1 aliphatic carbocycles. The van der Waals surface area contributed by atoms with Crippen LogP contribution in [0.25, 0.3) is 5.52 Å². The number of nitrogens with one attached hydrogen (secondary N) is 1. The molecule has 0 radical (unpaired) electrons. The summed E-state index contributed by atoms with van der Waals surface area (Å²) in [6.07, 6.45) is 8.66. The molecule has 1 aliphatic rings. The van der Waals surface area contributed by atoms with E-state index in [-0.39, 0.29) is 0 Å². The molecule has 0 amide bonds. The molecule has 0 aliphatic heterocycles. The summed E-state index contributed by atoms with van der Waals surface area (Å²) >= 11 is 6.13. The Morgan fingerprint density at radius 1 is 1.38 bits per heavy atom. The minimum absolute atomic E-state index is 0.419. The highest BCUT2D eigenvalue weighted by atomic mass is 35.5. The molecular formula is C16H23ClN4. The van der Waals surface area contributed by atoms with Crippen molar-refractivity contribution in [3.05, 3.63) is 24.2 Å². The maximum atomic E-state index is 6.13. The lowest BCUT2D eigenvalue weighted by molar-refractivity contribution is 0.352. The van der Waals surface area contributed by atoms with Crippen molar-refractivity contribution in [3.8, 4) is 0 Å². The van der Waals surface area contributed by atoms with Crippen LogP contribution in [0.3, 0.4) is 0 Å². The van der Waals surface area contributed by atoms with Crippen LogP contribution in [0.1, 0.15) is 51.1 Å². The van der Waals surface area contributed by atoms with Crippen LogP contribution in [0.5, 0.6) is 0 Å². The van der Waals surface area contributed by atoms with Crippen molar-refractivity contribution in [3.63, 3.8) is 0 Å². The highest BCUT2D eigenvalue weighted by Gasteiger charge is 2.25. The molecule has 4 nitrogen and oxygen atoms in total. The summed E-state index contributed by atoms with van der Waals surface area (Å²) in [5.41, 5.74) is 2.16. The van der Waals surface area contributed by atoms with Gasteiger partial charge in [-0.1, -0.05) is 26.7 Å². The van der Waals surface area contributed by atoms with Crippen molar-refractivity contribution in [1.82, 2.24) is 14.6 Å². The lowest BCUT2D eigenvalue weighted by Crippen LogP contribution is -2.33. The Labute approximate surface area is 130 Å². The van der Waals surface area contributed by atoms with Gasteiger partial charge in [-0.2, -0.15) is 5.10 Å². The summed E-state index contributed by atoms with van der Waals surface area (Å²) in [6.45, 7) is 4.32. The Balaban J connectivity index is 1.89. The Kier molecular flexibility index (Phi) is 4.34. The molecule has 2 aromatic heterocycles. The summed E-state index contributed by atoms with van der Waals surface area (Å²) in [5, 5.41) is 8.24. The minimum atomic E-state index is 0.419. The number of fused-ring (bicyclic) bond motifs is 1. The van der Waals surface area contributed by atoms with Crippen LogP contribution in [-0.4, -0.2) is 26.5 Å². The van der Waals surface area contributed by atoms with Crippen LogP contribution < -0.4 is 5.32 Å². The van der Waals surface area contributed by atoms with Crippen LogP contribution >= 0.6 is 11.6 Å². The molecule has 2 heterocycles. The van der Waals surface area contributed by atoms with E-state index in [1.165, 1.54) is 25.7 Å². The fraction of sp³-hybridized carbons (Fsp3) is 0.625. The first-order valence-corrected chi connectivity index (χ1v) is 8.39. The zero-order valence-electron chi connectivity index (χ0n) is 12.7. The van der Waals surface area contributed by atoms with Crippen molar-refractivity contribution in [2.75, 3.05) is 11.2 Å². The number of hydrogen-bond donors (Lipinski definition) is 1. The first-order valence-electron chi connectivity index (χ1n) is 7.86. The molecule has 0 spiro atoms. The largest absolute Gasteiger partial charge is 0.365 e. The summed E-state index contributed by atoms with van der Waals surface area (Å²) in [4.78, 5) is 4.53. The zero-order valence-corrected chi connectivity index (χ0v) is 13.5. The molecule has 2 atom stereocenters. The summed E-state index contributed by atoms with van der Waals surface area (Å²) in [6, 6.07) is 2.56. The van der Waals surface area contributed by atoms with Gasteiger partial charge in [0.2, 0.25) is 0 Å². The van der Waals surface area contributed by atoms with Gasteiger partial charge < -0.3 is 5.32 Å². The average Bonchev–Trinajstić information content (AvgIpc) is 2.93. The third-order valence-corrected chi connectivity index (χ3v) is 4.83. The minimum Gasteiger partial charge on any atom is -0.365 e. The third kappa shape index (κ3) is 3.00. The number of alkyl halides is 1. The number of nitrogens with zero attached hydrogens (tertiary/aromatic N) is 3. The quantitative estimate of drug-likeness (QED) is 0.866. The summed E-state index contributed by atoms with van der Waals surface area (Å²) in [7, 11) is 0. The number of anilines is 1. The molecule has 1 N–H and O–H groups in total. The van der Waals surface area contributed by atoms with Gasteiger partial charge in [0.1, 0.15) is 5.52 Å². The molecule has 1 fully saturated rings. The lowest BCUT2D eigenvalue weighted by atomic mass is 9.86. The molecule has 2 unspecified atom stereocenters. The zero-order chi connectivity index (χ0) is 14.8. The molecule has 2 aromatic rings. The number of hydrogen-bond acceptors (Lipinski definition) is 3. The van der Waals surface area contributed by atoms with Crippen LogP contribution in [-0.2, 0) is 0 Å². The predicted molar refractivity (Wildman–Crippen MR) is 87.2 cm³/mol. The number of aromatic nitrogens is 3. The van der Waals surface area contributed by atoms with Crippen molar-refractivity contribution < 1.29 is 0 Å². The second-order valence-corrected chi connectivity index (χ2v) is 6.59. The van der Waals surface area contributed by atoms with Crippen molar-refractivity contribution in [2.24, 2.45) is 5.92 Å². The van der Waals surface area contributed by atoms with Crippen LogP contribution in [0.15, 0.2) is 18.5 Å². The van der Waals surface area contributed by atoms with Gasteiger partial charge in [-0.25, -0.2) is 9.50 Å². The van der Waals surface area contributed by atoms with Crippen LogP contribution in [0, 0.1) is 5.92 Å². The Morgan fingerprint density at radius 3 is 2.95 bits per heavy atom. The van der Waals surface area contributed by atoms with E-state index in [4.69, 9.17) is 11.6 Å². The summed E-state index contributed by atoms with van der Waals surface area (Å²) < 4.78 is 1.92. The van der Waals surface area contributed by atoms with E-state index in [0.717, 1.165) is 22.9 Å². The van der Waals surface area contributed by atoms with E-state index >= 15 is 0 Å². The van der Waals surface area contributed by atoms with Crippen molar-refractivity contribution >= 4 is 22.9 Å². The van der Waals surface area contributed by atoms with Crippen molar-refractivity contribution in [1.29, 1.82) is 0 Å². The molecule has 5 heteroatoms. The molecule has 0 aromatic carbocycles. The topological polar surface area (TPSA) is 42.2 Å². The van der Waals surface area contributed by atoms with E-state index in [0.29, 0.717) is 17.9 Å². The average molecular weight is 307 g/mol. The van der Waals surface area contributed by atoms with Gasteiger partial charge in [-0.3, -0.25) is 0 Å². The van der Waals surface area contributed by atoms with Gasteiger partial charge in [0.25, 0.3) is 0 Å². The first-order chi connectivity index (χ1) is 10.2. The van der Waals surface area contributed by atoms with E-state index in [1.54, 1.807) is 0 Å². The van der Waals surface area contributed by atoms with Gasteiger partial charge in [0.15, 0.2) is 5.82 Å². The fourth-order valence-electron chi connectivity index (χ4n) is 3.09. The molecule has 114 valence electrons. The standard InChI is InChI=1S/C16H23ClN4/c1-11(2)14-9-15-16(18-7-8-21(15)20-14)19-13-6-4-3-5-12(13)10-17/h7-9,11-13H,3-6,10H2,1-2H3,(H,18,19). The molecule has 0 saturated heterocycles. The smallest absolute Gasteiger partial charge is 0.152 e. The highest BCUT2D eigenvalue weighted by Crippen LogP contribution is 2.29. The molecular weight excluding hydrogens is 284 g/mol. The van der Waals surface area contributed by atoms with Gasteiger partial charge in [-0.05, 0) is 30.7 Å². The van der Waals surface area contributed by atoms with Gasteiger partial charge >= 0.3 is 0 Å². The summed E-state index contributed by atoms with van der Waals surface area (Å²) in [5.74, 6) is 2.61. The predicted octanol–water partition coefficient (Wildman–Crippen LogP) is 4.06. The van der Waals surface area contributed by atoms with E-state index < -0.39 is 0 Å². The van der Waals surface area contributed by atoms with Crippen LogP contribution in [0.4, 0.5) is 5.82 Å². The Bertz CT molecular complexity index is 607. The van der Waals surface area contributed by atoms with Gasteiger partial charge in [0.05, 0.1) is 5.69 Å². The van der Waals surface area contributed by atoms with Crippen molar-refractivity contribution in [2.45, 2.75) is 51.5 Å². The van der Waals surface area contributed by atoms with Gasteiger partial charge in [0, 0.05) is 24.3 Å². The maximum Gasteiger partial charge on any atom is 0.152 e. The SMILES string of the molecule is CC(C)c1cc2c(NC3CCCCC3CCl)nccn2n1. The monoisotopic (exact) mass is 306 g/mol. The second kappa shape index (κ2) is 6.22. The first kappa shape index (κ1) is 14.6. The third-order valence-electron chi connectivity index (χ3n) is 4.43. The number of rotatable bonds is 4. The Morgan fingerprint density at radius 2 is 2.19 bits per heavy atom. The van der Waals surface area contributed by atoms with Crippen LogP contribution in [0.2, 0.25) is 0 Å². The number of halogens is 1. The molecule has 0 bridgehead atoms. The Hall–Kier alpha value is -1.29. The van der Waals surface area contributed by atoms with E-state index in [9.17, 15) is 0 Å². The lowest BCUT2D eigenvalue weighted by Gasteiger charge is -2.31. The molecule has 3 rings (SSSR count). The van der Waals surface area contributed by atoms with Gasteiger partial charge in [-0.15, -0.1) is 11.6 Å². The normalized spacial score (nSPS) is 22.9. The molecule has 1 saturated carbocycles. The van der Waals surface area contributed by atoms with E-state index in [1.807, 2.05) is 16.9 Å². The second-order valence-electron chi connectivity index (χ2n) is 6.28. The fourth-order valence-corrected chi connectivity index (χ4v) is 3.46. The van der Waals surface area contributed by atoms with E-state index in [2.05, 4.69) is 35.3 Å². The highest BCUT2D eigenvalue weighted by molar-refractivity contribution is 6.18.